The van der Waals surface area contributed by atoms with E-state index >= 15 is 0 Å². The van der Waals surface area contributed by atoms with Crippen molar-refractivity contribution in [1.82, 2.24) is 9.62 Å². The minimum Gasteiger partial charge on any atom is -0.367 e. The minimum absolute atomic E-state index is 0.000497. The summed E-state index contributed by atoms with van der Waals surface area (Å²) >= 11 is 1.24. The lowest BCUT2D eigenvalue weighted by atomic mass is 10.0. The van der Waals surface area contributed by atoms with Gasteiger partial charge in [-0.2, -0.15) is 4.31 Å². The van der Waals surface area contributed by atoms with Gasteiger partial charge in [-0.05, 0) is 53.3 Å². The number of halogens is 1. The van der Waals surface area contributed by atoms with Gasteiger partial charge in [-0.1, -0.05) is 68.4 Å². The fraction of sp³-hybridized carbons (Fsp3) is 0.367. The molecule has 1 aliphatic rings. The zero-order valence-electron chi connectivity index (χ0n) is 23.0. The molecule has 0 aliphatic carbocycles. The molecule has 1 unspecified atom stereocenters. The van der Waals surface area contributed by atoms with Crippen molar-refractivity contribution >= 4 is 27.7 Å². The molecule has 1 amide bonds. The third-order valence-corrected chi connectivity index (χ3v) is 10.2. The molecule has 3 aromatic rings. The first-order valence-electron chi connectivity index (χ1n) is 13.5. The second-order valence-corrected chi connectivity index (χ2v) is 13.3. The van der Waals surface area contributed by atoms with Gasteiger partial charge in [0, 0.05) is 12.3 Å². The van der Waals surface area contributed by atoms with Gasteiger partial charge in [0.1, 0.15) is 11.2 Å². The van der Waals surface area contributed by atoms with Gasteiger partial charge in [-0.15, -0.1) is 11.8 Å². The maximum atomic E-state index is 13.6. The molecular formula is C30H36FN3O5S2. The Balaban J connectivity index is 1.48. The summed E-state index contributed by atoms with van der Waals surface area (Å²) in [6.45, 7) is 4.00. The molecule has 0 radical (unpaired) electrons. The maximum Gasteiger partial charge on any atom is 0.249 e. The number of thioether (sulfide) groups is 1. The maximum absolute atomic E-state index is 13.6. The van der Waals surface area contributed by atoms with Gasteiger partial charge in [0.2, 0.25) is 15.9 Å². The van der Waals surface area contributed by atoms with Crippen LogP contribution in [0.25, 0.3) is 11.1 Å². The number of ether oxygens (including phenoxy) is 1. The van der Waals surface area contributed by atoms with Crippen LogP contribution in [0.2, 0.25) is 0 Å². The average Bonchev–Trinajstić information content (AvgIpc) is 3.48. The predicted octanol–water partition coefficient (Wildman–Crippen LogP) is 4.12. The highest BCUT2D eigenvalue weighted by atomic mass is 32.2. The van der Waals surface area contributed by atoms with Crippen LogP contribution in [0.3, 0.4) is 0 Å². The van der Waals surface area contributed by atoms with E-state index in [9.17, 15) is 22.7 Å². The first-order chi connectivity index (χ1) is 19.6. The molecule has 41 heavy (non-hydrogen) atoms. The van der Waals surface area contributed by atoms with E-state index in [4.69, 9.17) is 10.5 Å². The number of sulfonamides is 1. The van der Waals surface area contributed by atoms with E-state index in [1.54, 1.807) is 36.4 Å². The molecule has 220 valence electrons. The highest BCUT2D eigenvalue weighted by molar-refractivity contribution is 8.02. The van der Waals surface area contributed by atoms with Crippen molar-refractivity contribution in [2.45, 2.75) is 48.9 Å². The fourth-order valence-corrected chi connectivity index (χ4v) is 7.58. The highest BCUT2D eigenvalue weighted by Crippen LogP contribution is 2.32. The summed E-state index contributed by atoms with van der Waals surface area (Å²) in [4.78, 5) is 13.6. The molecule has 1 heterocycles. The number of aliphatic hydroxyl groups is 1. The van der Waals surface area contributed by atoms with Crippen molar-refractivity contribution in [2.75, 3.05) is 18.9 Å². The number of aliphatic hydroxyl groups excluding tert-OH is 1. The Morgan fingerprint density at radius 1 is 1.07 bits per heavy atom. The smallest absolute Gasteiger partial charge is 0.249 e. The summed E-state index contributed by atoms with van der Waals surface area (Å²) in [5.74, 6) is -0.441. The number of nitrogens with zero attached hydrogens (tertiary/aromatic N) is 1. The quantitative estimate of drug-likeness (QED) is 0.267. The topological polar surface area (TPSA) is 122 Å². The summed E-state index contributed by atoms with van der Waals surface area (Å²) in [6, 6.07) is 20.8. The minimum atomic E-state index is -3.95. The summed E-state index contributed by atoms with van der Waals surface area (Å²) in [7, 11) is -3.95. The normalized spacial score (nSPS) is 18.2. The third-order valence-electron chi connectivity index (χ3n) is 7.02. The molecular weight excluding hydrogens is 565 g/mol. The Kier molecular flexibility index (Phi) is 10.6. The summed E-state index contributed by atoms with van der Waals surface area (Å²) in [5.41, 5.74) is 8.44. The Labute approximate surface area is 245 Å². The molecule has 3 aromatic carbocycles. The molecule has 0 saturated carbocycles. The molecule has 0 bridgehead atoms. The summed E-state index contributed by atoms with van der Waals surface area (Å²) in [5, 5.41) is 12.2. The second-order valence-electron chi connectivity index (χ2n) is 10.2. The van der Waals surface area contributed by atoms with Gasteiger partial charge >= 0.3 is 0 Å². The molecule has 0 spiro atoms. The standard InChI is InChI=1S/C30H36FN3O5S2/c1-20(2)27(32)30(36)39-18-16-26(23-8-12-24(31)13-9-23)33-28(35)29-34(17-19-40-29)41(37,38)25-14-10-22(11-15-25)21-6-4-3-5-7-21/h3-15,20,26-27,29-30,36H,16-19,32H2,1-2H3,(H,33,35)/t26-,27-,29-,30?/m0/s1. The summed E-state index contributed by atoms with van der Waals surface area (Å²) in [6.07, 6.45) is -0.927. The van der Waals surface area contributed by atoms with Crippen molar-refractivity contribution in [3.63, 3.8) is 0 Å². The molecule has 4 rings (SSSR count). The molecule has 1 fully saturated rings. The van der Waals surface area contributed by atoms with Crippen molar-refractivity contribution < 1.29 is 27.4 Å². The largest absolute Gasteiger partial charge is 0.367 e. The van der Waals surface area contributed by atoms with Crippen LogP contribution in [-0.2, 0) is 19.6 Å². The lowest BCUT2D eigenvalue weighted by Gasteiger charge is -2.27. The number of carbonyl (C=O) groups excluding carboxylic acids is 1. The van der Waals surface area contributed by atoms with E-state index in [1.807, 2.05) is 44.2 Å². The van der Waals surface area contributed by atoms with Crippen LogP contribution in [0.5, 0.6) is 0 Å². The first-order valence-corrected chi connectivity index (χ1v) is 16.0. The monoisotopic (exact) mass is 601 g/mol. The van der Waals surface area contributed by atoms with Gasteiger partial charge in [0.15, 0.2) is 6.29 Å². The van der Waals surface area contributed by atoms with Gasteiger partial charge in [-0.3, -0.25) is 4.79 Å². The lowest BCUT2D eigenvalue weighted by Crippen LogP contribution is -2.46. The molecule has 1 saturated heterocycles. The molecule has 0 aromatic heterocycles. The van der Waals surface area contributed by atoms with Crippen molar-refractivity contribution in [3.05, 3.63) is 90.2 Å². The Bertz CT molecular complexity index is 1390. The van der Waals surface area contributed by atoms with E-state index in [0.717, 1.165) is 11.1 Å². The molecule has 1 aliphatic heterocycles. The number of benzene rings is 3. The first kappa shape index (κ1) is 31.1. The van der Waals surface area contributed by atoms with Crippen LogP contribution < -0.4 is 11.1 Å². The Morgan fingerprint density at radius 2 is 1.71 bits per heavy atom. The van der Waals surface area contributed by atoms with E-state index in [-0.39, 0.29) is 30.4 Å². The zero-order valence-corrected chi connectivity index (χ0v) is 24.7. The molecule has 11 heteroatoms. The van der Waals surface area contributed by atoms with E-state index < -0.39 is 45.5 Å². The van der Waals surface area contributed by atoms with Crippen molar-refractivity contribution in [2.24, 2.45) is 11.7 Å². The number of rotatable bonds is 12. The van der Waals surface area contributed by atoms with E-state index in [2.05, 4.69) is 5.32 Å². The van der Waals surface area contributed by atoms with Crippen LogP contribution >= 0.6 is 11.8 Å². The number of carbonyl (C=O) groups is 1. The Hall–Kier alpha value is -2.80. The van der Waals surface area contributed by atoms with E-state index in [0.29, 0.717) is 11.3 Å². The predicted molar refractivity (Wildman–Crippen MR) is 159 cm³/mol. The highest BCUT2D eigenvalue weighted by Gasteiger charge is 2.40. The van der Waals surface area contributed by atoms with Gasteiger partial charge in [0.25, 0.3) is 0 Å². The number of amides is 1. The SMILES string of the molecule is CC(C)[C@H](N)C(O)OCC[C@H](NC(=O)[C@@H]1SCCN1S(=O)(=O)c1ccc(-c2ccccc2)cc1)c1ccc(F)cc1. The van der Waals surface area contributed by atoms with Crippen LogP contribution in [0.15, 0.2) is 83.8 Å². The van der Waals surface area contributed by atoms with Crippen LogP contribution in [0.1, 0.15) is 31.9 Å². The third kappa shape index (κ3) is 7.73. The number of nitrogens with one attached hydrogen (secondary N) is 1. The molecule has 8 nitrogen and oxygen atoms in total. The lowest BCUT2D eigenvalue weighted by molar-refractivity contribution is -0.126. The number of hydrogen-bond donors (Lipinski definition) is 3. The van der Waals surface area contributed by atoms with Gasteiger partial charge in [-0.25, -0.2) is 12.8 Å². The van der Waals surface area contributed by atoms with Crippen LogP contribution in [0.4, 0.5) is 4.39 Å². The van der Waals surface area contributed by atoms with Crippen molar-refractivity contribution in [1.29, 1.82) is 0 Å². The zero-order chi connectivity index (χ0) is 29.6. The van der Waals surface area contributed by atoms with Gasteiger partial charge < -0.3 is 20.9 Å². The number of hydrogen-bond acceptors (Lipinski definition) is 7. The molecule has 4 atom stereocenters. The van der Waals surface area contributed by atoms with Crippen LogP contribution in [-0.4, -0.2) is 60.3 Å². The number of nitrogens with two attached hydrogens (primary N) is 1. The summed E-state index contributed by atoms with van der Waals surface area (Å²) < 4.78 is 47.5. The fourth-order valence-electron chi connectivity index (χ4n) is 4.50. The average molecular weight is 602 g/mol. The van der Waals surface area contributed by atoms with Crippen LogP contribution in [0, 0.1) is 11.7 Å². The second kappa shape index (κ2) is 13.9. The van der Waals surface area contributed by atoms with Gasteiger partial charge in [0.05, 0.1) is 23.6 Å². The molecule has 4 N–H and O–H groups in total. The Morgan fingerprint density at radius 3 is 2.34 bits per heavy atom. The van der Waals surface area contributed by atoms with E-state index in [1.165, 1.54) is 28.2 Å². The van der Waals surface area contributed by atoms with Crippen molar-refractivity contribution in [3.8, 4) is 11.1 Å².